The molecule has 0 saturated carbocycles. The molecule has 31 heavy (non-hydrogen) atoms. The van der Waals surface area contributed by atoms with Crippen LogP contribution in [0.3, 0.4) is 0 Å². The SMILES string of the molecule is O=C1c2oc3ccc(F)cc3c(=O)c2C(c2cccc(O)c2)N1Cc1ccc(F)cc1. The lowest BCUT2D eigenvalue weighted by atomic mass is 9.98. The highest BCUT2D eigenvalue weighted by Gasteiger charge is 2.42. The van der Waals surface area contributed by atoms with Gasteiger partial charge in [-0.15, -0.1) is 0 Å². The molecule has 1 aliphatic rings. The van der Waals surface area contributed by atoms with E-state index < -0.39 is 29.0 Å². The maximum atomic E-state index is 13.8. The van der Waals surface area contributed by atoms with Crippen LogP contribution in [0.15, 0.2) is 75.9 Å². The third-order valence-corrected chi connectivity index (χ3v) is 5.38. The number of phenols is 1. The molecule has 0 spiro atoms. The van der Waals surface area contributed by atoms with E-state index in [1.54, 1.807) is 24.3 Å². The monoisotopic (exact) mass is 419 g/mol. The predicted octanol–water partition coefficient (Wildman–Crippen LogP) is 4.52. The second-order valence-electron chi connectivity index (χ2n) is 7.37. The summed E-state index contributed by atoms with van der Waals surface area (Å²) in [6.45, 7) is 0.0772. The first-order valence-corrected chi connectivity index (χ1v) is 9.53. The highest BCUT2D eigenvalue weighted by Crippen LogP contribution is 2.39. The number of rotatable bonds is 3. The average molecular weight is 419 g/mol. The van der Waals surface area contributed by atoms with E-state index in [4.69, 9.17) is 4.42 Å². The second-order valence-corrected chi connectivity index (χ2v) is 7.37. The maximum absolute atomic E-state index is 13.8. The highest BCUT2D eigenvalue weighted by molar-refractivity contribution is 5.99. The van der Waals surface area contributed by atoms with Gasteiger partial charge in [0.15, 0.2) is 5.43 Å². The first-order chi connectivity index (χ1) is 14.9. The molecule has 154 valence electrons. The topological polar surface area (TPSA) is 70.8 Å². The van der Waals surface area contributed by atoms with Gasteiger partial charge in [-0.1, -0.05) is 24.3 Å². The molecule has 1 aliphatic heterocycles. The van der Waals surface area contributed by atoms with E-state index in [9.17, 15) is 23.5 Å². The van der Waals surface area contributed by atoms with E-state index in [0.717, 1.165) is 12.1 Å². The number of phenolic OH excluding ortho intramolecular Hbond substituents is 1. The van der Waals surface area contributed by atoms with E-state index in [1.807, 2.05) is 0 Å². The number of halogens is 2. The Balaban J connectivity index is 1.73. The van der Waals surface area contributed by atoms with Gasteiger partial charge in [0.2, 0.25) is 5.76 Å². The number of benzene rings is 3. The van der Waals surface area contributed by atoms with Crippen LogP contribution in [-0.2, 0) is 6.54 Å². The smallest absolute Gasteiger partial charge is 0.291 e. The van der Waals surface area contributed by atoms with E-state index in [-0.39, 0.29) is 34.6 Å². The molecule has 5 nitrogen and oxygen atoms in total. The molecule has 1 atom stereocenters. The molecule has 1 aromatic heterocycles. The fourth-order valence-electron chi connectivity index (χ4n) is 3.98. The minimum absolute atomic E-state index is 0.0281. The maximum Gasteiger partial charge on any atom is 0.291 e. The fourth-order valence-corrected chi connectivity index (χ4v) is 3.98. The molecule has 0 bridgehead atoms. The van der Waals surface area contributed by atoms with Crippen molar-refractivity contribution in [2.45, 2.75) is 12.6 Å². The van der Waals surface area contributed by atoms with Crippen molar-refractivity contribution in [3.8, 4) is 5.75 Å². The summed E-state index contributed by atoms with van der Waals surface area (Å²) in [6, 6.07) is 14.6. The molecule has 1 unspecified atom stereocenters. The summed E-state index contributed by atoms with van der Waals surface area (Å²) in [5, 5.41) is 10.0. The molecule has 0 radical (unpaired) electrons. The van der Waals surface area contributed by atoms with Crippen molar-refractivity contribution >= 4 is 16.9 Å². The quantitative estimate of drug-likeness (QED) is 0.530. The van der Waals surface area contributed by atoms with Crippen LogP contribution in [0.5, 0.6) is 5.75 Å². The first kappa shape index (κ1) is 19.0. The van der Waals surface area contributed by atoms with Gasteiger partial charge in [-0.05, 0) is 53.6 Å². The molecule has 2 heterocycles. The first-order valence-electron chi connectivity index (χ1n) is 9.53. The van der Waals surface area contributed by atoms with E-state index in [0.29, 0.717) is 11.1 Å². The molecule has 0 saturated heterocycles. The Morgan fingerprint density at radius 2 is 1.68 bits per heavy atom. The molecule has 1 N–H and O–H groups in total. The van der Waals surface area contributed by atoms with Gasteiger partial charge in [-0.2, -0.15) is 0 Å². The molecule has 4 aromatic rings. The summed E-state index contributed by atoms with van der Waals surface area (Å²) in [5.41, 5.74) is 0.819. The number of nitrogens with zero attached hydrogens (tertiary/aromatic N) is 1. The van der Waals surface area contributed by atoms with Gasteiger partial charge in [-0.3, -0.25) is 9.59 Å². The second kappa shape index (κ2) is 7.05. The lowest BCUT2D eigenvalue weighted by Gasteiger charge is -2.25. The van der Waals surface area contributed by atoms with Crippen molar-refractivity contribution in [3.05, 3.63) is 111 Å². The summed E-state index contributed by atoms with van der Waals surface area (Å²) in [4.78, 5) is 28.0. The number of aromatic hydroxyl groups is 1. The summed E-state index contributed by atoms with van der Waals surface area (Å²) < 4.78 is 32.9. The molecule has 5 rings (SSSR count). The van der Waals surface area contributed by atoms with Crippen molar-refractivity contribution in [1.29, 1.82) is 0 Å². The van der Waals surface area contributed by atoms with Crippen molar-refractivity contribution in [2.24, 2.45) is 0 Å². The zero-order valence-electron chi connectivity index (χ0n) is 16.0. The number of carbonyl (C=O) groups is 1. The molecule has 0 fully saturated rings. The number of hydrogen-bond acceptors (Lipinski definition) is 4. The number of fused-ring (bicyclic) bond motifs is 2. The lowest BCUT2D eigenvalue weighted by Crippen LogP contribution is -2.29. The van der Waals surface area contributed by atoms with Crippen LogP contribution in [-0.4, -0.2) is 15.9 Å². The van der Waals surface area contributed by atoms with E-state index in [2.05, 4.69) is 0 Å². The number of amides is 1. The van der Waals surface area contributed by atoms with E-state index >= 15 is 0 Å². The Morgan fingerprint density at radius 1 is 0.935 bits per heavy atom. The van der Waals surface area contributed by atoms with Crippen LogP contribution in [0.1, 0.15) is 33.3 Å². The van der Waals surface area contributed by atoms with Crippen LogP contribution < -0.4 is 5.43 Å². The summed E-state index contributed by atoms with van der Waals surface area (Å²) >= 11 is 0. The van der Waals surface area contributed by atoms with Crippen molar-refractivity contribution in [1.82, 2.24) is 4.90 Å². The van der Waals surface area contributed by atoms with Gasteiger partial charge >= 0.3 is 0 Å². The Kier molecular flexibility index (Phi) is 4.32. The third-order valence-electron chi connectivity index (χ3n) is 5.38. The highest BCUT2D eigenvalue weighted by atomic mass is 19.1. The summed E-state index contributed by atoms with van der Waals surface area (Å²) in [5.74, 6) is -1.68. The van der Waals surface area contributed by atoms with Crippen LogP contribution in [0.4, 0.5) is 8.78 Å². The Morgan fingerprint density at radius 3 is 2.42 bits per heavy atom. The number of carbonyl (C=O) groups excluding carboxylic acids is 1. The van der Waals surface area contributed by atoms with Gasteiger partial charge < -0.3 is 14.4 Å². The minimum atomic E-state index is -0.858. The molecule has 3 aromatic carbocycles. The van der Waals surface area contributed by atoms with Crippen LogP contribution >= 0.6 is 0 Å². The fraction of sp³-hybridized carbons (Fsp3) is 0.0833. The third kappa shape index (κ3) is 3.15. The van der Waals surface area contributed by atoms with Crippen molar-refractivity contribution in [2.75, 3.05) is 0 Å². The molecule has 0 aliphatic carbocycles. The zero-order chi connectivity index (χ0) is 21.7. The minimum Gasteiger partial charge on any atom is -0.508 e. The Bertz CT molecular complexity index is 1400. The van der Waals surface area contributed by atoms with Gasteiger partial charge in [0.25, 0.3) is 5.91 Å². The van der Waals surface area contributed by atoms with Crippen molar-refractivity contribution in [3.63, 3.8) is 0 Å². The van der Waals surface area contributed by atoms with Gasteiger partial charge in [0, 0.05) is 6.54 Å². The zero-order valence-corrected chi connectivity index (χ0v) is 16.0. The Labute approximate surface area is 174 Å². The molecular weight excluding hydrogens is 404 g/mol. The standard InChI is InChI=1S/C24H15F2NO4/c25-15-6-4-13(5-7-15)12-27-21(14-2-1-3-17(28)10-14)20-22(29)18-11-16(26)8-9-19(18)31-23(20)24(27)30/h1-11,21,28H,12H2. The molecular formula is C24H15F2NO4. The summed E-state index contributed by atoms with van der Waals surface area (Å²) in [6.07, 6.45) is 0. The van der Waals surface area contributed by atoms with Crippen LogP contribution in [0, 0.1) is 11.6 Å². The van der Waals surface area contributed by atoms with Gasteiger partial charge in [0.1, 0.15) is 23.0 Å². The van der Waals surface area contributed by atoms with Gasteiger partial charge in [0.05, 0.1) is 17.0 Å². The van der Waals surface area contributed by atoms with Gasteiger partial charge in [-0.25, -0.2) is 8.78 Å². The van der Waals surface area contributed by atoms with Crippen molar-refractivity contribution < 1.29 is 23.1 Å². The molecule has 1 amide bonds. The Hall–Kier alpha value is -4.00. The molecule has 7 heteroatoms. The van der Waals surface area contributed by atoms with Crippen LogP contribution in [0.2, 0.25) is 0 Å². The van der Waals surface area contributed by atoms with Crippen LogP contribution in [0.25, 0.3) is 11.0 Å². The predicted molar refractivity (Wildman–Crippen MR) is 109 cm³/mol. The van der Waals surface area contributed by atoms with E-state index in [1.165, 1.54) is 35.2 Å². The normalized spacial score (nSPS) is 15.5. The average Bonchev–Trinajstić information content (AvgIpc) is 3.02. The lowest BCUT2D eigenvalue weighted by molar-refractivity contribution is 0.0714. The largest absolute Gasteiger partial charge is 0.508 e. The number of hydrogen-bond donors (Lipinski definition) is 1. The summed E-state index contributed by atoms with van der Waals surface area (Å²) in [7, 11) is 0.